The Bertz CT molecular complexity index is 484. The van der Waals surface area contributed by atoms with Gasteiger partial charge in [-0.2, -0.15) is 0 Å². The van der Waals surface area contributed by atoms with E-state index in [0.29, 0.717) is 0 Å². The maximum Gasteiger partial charge on any atom is 0.143 e. The minimum Gasteiger partial charge on any atom is -0.393 e. The fourth-order valence-electron chi connectivity index (χ4n) is 1.80. The van der Waals surface area contributed by atoms with Crippen molar-refractivity contribution in [3.05, 3.63) is 48.8 Å². The van der Waals surface area contributed by atoms with Crippen LogP contribution in [0.15, 0.2) is 37.2 Å². The second kappa shape index (κ2) is 5.39. The van der Waals surface area contributed by atoms with E-state index < -0.39 is 0 Å². The van der Waals surface area contributed by atoms with E-state index in [1.54, 1.807) is 12.4 Å². The van der Waals surface area contributed by atoms with Crippen molar-refractivity contribution in [3.8, 4) is 0 Å². The van der Waals surface area contributed by atoms with Crippen LogP contribution < -0.4 is 10.6 Å². The molecule has 0 radical (unpaired) electrons. The van der Waals surface area contributed by atoms with E-state index in [2.05, 4.69) is 20.6 Å². The average Bonchev–Trinajstić information content (AvgIpc) is 2.95. The van der Waals surface area contributed by atoms with Crippen LogP contribution in [-0.2, 0) is 14.1 Å². The highest BCUT2D eigenvalue weighted by Crippen LogP contribution is 2.18. The molecular weight excluding hydrogens is 228 g/mol. The molecule has 6 heteroatoms. The molecule has 18 heavy (non-hydrogen) atoms. The van der Waals surface area contributed by atoms with Crippen molar-refractivity contribution in [1.82, 2.24) is 29.7 Å². The van der Waals surface area contributed by atoms with Crippen molar-refractivity contribution in [2.24, 2.45) is 14.1 Å². The molecule has 2 rings (SSSR count). The molecule has 96 valence electrons. The molecule has 6 nitrogen and oxygen atoms in total. The summed E-state index contributed by atoms with van der Waals surface area (Å²) < 4.78 is 3.97. The molecule has 0 fully saturated rings. The zero-order chi connectivity index (χ0) is 13.0. The number of nitrogens with one attached hydrogen (secondary N) is 2. The van der Waals surface area contributed by atoms with Crippen molar-refractivity contribution in [1.29, 1.82) is 0 Å². The summed E-state index contributed by atoms with van der Waals surface area (Å²) in [5.41, 5.74) is 0. The molecule has 2 aromatic rings. The fraction of sp³-hybridized carbons (Fsp3) is 0.333. The number of hydrogen-bond acceptors (Lipinski definition) is 4. The summed E-state index contributed by atoms with van der Waals surface area (Å²) in [7, 11) is 5.80. The Morgan fingerprint density at radius 1 is 1.06 bits per heavy atom. The predicted octanol–water partition coefficient (Wildman–Crippen LogP) is 0.523. The van der Waals surface area contributed by atoms with Gasteiger partial charge in [0.1, 0.15) is 17.7 Å². The molecule has 0 aliphatic heterocycles. The van der Waals surface area contributed by atoms with Crippen molar-refractivity contribution >= 4 is 0 Å². The van der Waals surface area contributed by atoms with Crippen molar-refractivity contribution in [2.75, 3.05) is 7.05 Å². The van der Waals surface area contributed by atoms with Gasteiger partial charge in [-0.05, 0) is 0 Å². The van der Waals surface area contributed by atoms with Crippen molar-refractivity contribution in [2.45, 2.75) is 6.04 Å². The van der Waals surface area contributed by atoms with E-state index >= 15 is 0 Å². The summed E-state index contributed by atoms with van der Waals surface area (Å²) in [6.45, 7) is 0. The van der Waals surface area contributed by atoms with Crippen LogP contribution in [-0.4, -0.2) is 26.1 Å². The molecule has 0 atom stereocenters. The molecule has 0 aliphatic carbocycles. The lowest BCUT2D eigenvalue weighted by Crippen LogP contribution is -2.24. The first kappa shape index (κ1) is 12.2. The topological polar surface area (TPSA) is 59.7 Å². The number of nitrogens with zero attached hydrogens (tertiary/aromatic N) is 4. The Balaban J connectivity index is 2.32. The van der Waals surface area contributed by atoms with Gasteiger partial charge in [0.25, 0.3) is 0 Å². The minimum atomic E-state index is -0.0744. The average molecular weight is 246 g/mol. The standard InChI is InChI=1S/C12H18N6/c1-13-4-5-14-10(11-15-6-8-17(11)2)12-16-7-9-18(12)3/h4-10,13-14H,1-3H3/b5-4-. The maximum absolute atomic E-state index is 4.38. The van der Waals surface area contributed by atoms with Gasteiger partial charge < -0.3 is 19.8 Å². The quantitative estimate of drug-likeness (QED) is 0.807. The monoisotopic (exact) mass is 246 g/mol. The van der Waals surface area contributed by atoms with Gasteiger partial charge >= 0.3 is 0 Å². The number of rotatable bonds is 5. The van der Waals surface area contributed by atoms with Crippen LogP contribution in [0.2, 0.25) is 0 Å². The fourth-order valence-corrected chi connectivity index (χ4v) is 1.80. The zero-order valence-electron chi connectivity index (χ0n) is 10.8. The van der Waals surface area contributed by atoms with Gasteiger partial charge in [-0.15, -0.1) is 0 Å². The summed E-state index contributed by atoms with van der Waals surface area (Å²) in [6, 6.07) is -0.0744. The summed E-state index contributed by atoms with van der Waals surface area (Å²) >= 11 is 0. The first-order valence-corrected chi connectivity index (χ1v) is 5.77. The molecule has 0 unspecified atom stereocenters. The van der Waals surface area contributed by atoms with Crippen LogP contribution in [0.3, 0.4) is 0 Å². The molecule has 2 N–H and O–H groups in total. The van der Waals surface area contributed by atoms with Gasteiger partial charge in [-0.25, -0.2) is 9.97 Å². The summed E-state index contributed by atoms with van der Waals surface area (Å²) in [5, 5.41) is 6.24. The van der Waals surface area contributed by atoms with Gasteiger partial charge in [-0.3, -0.25) is 0 Å². The van der Waals surface area contributed by atoms with Crippen LogP contribution >= 0.6 is 0 Å². The zero-order valence-corrected chi connectivity index (χ0v) is 10.8. The number of hydrogen-bond donors (Lipinski definition) is 2. The van der Waals surface area contributed by atoms with Crippen LogP contribution in [0, 0.1) is 0 Å². The van der Waals surface area contributed by atoms with E-state index in [4.69, 9.17) is 0 Å². The first-order valence-electron chi connectivity index (χ1n) is 5.77. The Morgan fingerprint density at radius 3 is 2.00 bits per heavy atom. The summed E-state index contributed by atoms with van der Waals surface area (Å²) in [5.74, 6) is 1.84. The Kier molecular flexibility index (Phi) is 3.66. The lowest BCUT2D eigenvalue weighted by Gasteiger charge is -2.17. The predicted molar refractivity (Wildman–Crippen MR) is 69.6 cm³/mol. The third kappa shape index (κ3) is 2.37. The third-order valence-corrected chi connectivity index (χ3v) is 2.75. The van der Waals surface area contributed by atoms with Crippen LogP contribution in [0.4, 0.5) is 0 Å². The normalized spacial score (nSPS) is 11.3. The molecule has 0 amide bonds. The second-order valence-electron chi connectivity index (χ2n) is 4.01. The van der Waals surface area contributed by atoms with Gasteiger partial charge in [0, 0.05) is 58.3 Å². The van der Waals surface area contributed by atoms with E-state index in [-0.39, 0.29) is 6.04 Å². The Labute approximate surface area is 106 Å². The number of imidazole rings is 2. The smallest absolute Gasteiger partial charge is 0.143 e. The molecule has 0 aromatic carbocycles. The second-order valence-corrected chi connectivity index (χ2v) is 4.01. The van der Waals surface area contributed by atoms with Gasteiger partial charge in [0.2, 0.25) is 0 Å². The van der Waals surface area contributed by atoms with Crippen LogP contribution in [0.25, 0.3) is 0 Å². The maximum atomic E-state index is 4.38. The molecule has 0 saturated heterocycles. The Morgan fingerprint density at radius 2 is 1.61 bits per heavy atom. The van der Waals surface area contributed by atoms with E-state index in [0.717, 1.165) is 11.6 Å². The van der Waals surface area contributed by atoms with E-state index in [1.807, 2.05) is 55.1 Å². The largest absolute Gasteiger partial charge is 0.393 e. The van der Waals surface area contributed by atoms with Gasteiger partial charge in [0.05, 0.1) is 0 Å². The molecular formula is C12H18N6. The number of aromatic nitrogens is 4. The summed E-state index contributed by atoms with van der Waals surface area (Å²) in [4.78, 5) is 8.77. The van der Waals surface area contributed by atoms with E-state index in [1.165, 1.54) is 0 Å². The first-order chi connectivity index (χ1) is 8.74. The highest BCUT2D eigenvalue weighted by Gasteiger charge is 2.20. The van der Waals surface area contributed by atoms with Crippen molar-refractivity contribution in [3.63, 3.8) is 0 Å². The summed E-state index contributed by atoms with van der Waals surface area (Å²) in [6.07, 6.45) is 11.1. The van der Waals surface area contributed by atoms with Crippen LogP contribution in [0.5, 0.6) is 0 Å². The van der Waals surface area contributed by atoms with Crippen molar-refractivity contribution < 1.29 is 0 Å². The highest BCUT2D eigenvalue weighted by atomic mass is 15.1. The lowest BCUT2D eigenvalue weighted by atomic mass is 10.2. The van der Waals surface area contributed by atoms with Gasteiger partial charge in [0.15, 0.2) is 0 Å². The molecule has 2 aromatic heterocycles. The highest BCUT2D eigenvalue weighted by molar-refractivity contribution is 5.14. The molecule has 0 saturated carbocycles. The minimum absolute atomic E-state index is 0.0744. The third-order valence-electron chi connectivity index (χ3n) is 2.75. The molecule has 0 bridgehead atoms. The van der Waals surface area contributed by atoms with E-state index in [9.17, 15) is 0 Å². The lowest BCUT2D eigenvalue weighted by molar-refractivity contribution is 0.584. The molecule has 0 spiro atoms. The van der Waals surface area contributed by atoms with Gasteiger partial charge in [-0.1, -0.05) is 0 Å². The SMILES string of the molecule is CN/C=C\NC(c1nccn1C)c1nccn1C. The Hall–Kier alpha value is -2.24. The molecule has 2 heterocycles. The molecule has 0 aliphatic rings. The van der Waals surface area contributed by atoms with Crippen LogP contribution in [0.1, 0.15) is 17.7 Å². The number of aryl methyl sites for hydroxylation is 2.